The summed E-state index contributed by atoms with van der Waals surface area (Å²) in [6, 6.07) is 25.6. The highest BCUT2D eigenvalue weighted by Gasteiger charge is 2.15. The summed E-state index contributed by atoms with van der Waals surface area (Å²) in [5.41, 5.74) is 2.61. The van der Waals surface area contributed by atoms with Gasteiger partial charge in [-0.15, -0.1) is 0 Å². The minimum atomic E-state index is 0.252. The fourth-order valence-corrected chi connectivity index (χ4v) is 3.04. The molecule has 4 nitrogen and oxygen atoms in total. The molecule has 126 valence electrons. The number of fused-ring (bicyclic) bond motifs is 2. The van der Waals surface area contributed by atoms with Crippen molar-refractivity contribution in [2.24, 2.45) is 4.99 Å². The van der Waals surface area contributed by atoms with Crippen LogP contribution in [0.3, 0.4) is 0 Å². The van der Waals surface area contributed by atoms with Gasteiger partial charge in [-0.25, -0.2) is 4.99 Å². The van der Waals surface area contributed by atoms with E-state index in [0.29, 0.717) is 0 Å². The van der Waals surface area contributed by atoms with Gasteiger partial charge in [0.05, 0.1) is 11.0 Å². The molecule has 5 rings (SSSR count). The summed E-state index contributed by atoms with van der Waals surface area (Å²) in [5, 5.41) is 1.84. The number of rotatable bonds is 2. The van der Waals surface area contributed by atoms with Crippen LogP contribution in [0.15, 0.2) is 88.3 Å². The van der Waals surface area contributed by atoms with Crippen molar-refractivity contribution in [3.05, 3.63) is 84.2 Å². The largest absolute Gasteiger partial charge is 0.456 e. The third-order valence-electron chi connectivity index (χ3n) is 4.31. The molecule has 0 N–H and O–H groups in total. The monoisotopic (exact) mass is 341 g/mol. The highest BCUT2D eigenvalue weighted by molar-refractivity contribution is 5.79. The normalized spacial score (nSPS) is 13.3. The highest BCUT2D eigenvalue weighted by atomic mass is 16.7. The van der Waals surface area contributed by atoms with Crippen LogP contribution in [0.1, 0.15) is 0 Å². The predicted molar refractivity (Wildman–Crippen MR) is 99.4 cm³/mol. The quantitative estimate of drug-likeness (QED) is 0.512. The molecule has 0 aliphatic carbocycles. The maximum absolute atomic E-state index is 6.13. The van der Waals surface area contributed by atoms with Gasteiger partial charge in [-0.3, -0.25) is 0 Å². The lowest BCUT2D eigenvalue weighted by Crippen LogP contribution is -2.03. The van der Waals surface area contributed by atoms with E-state index in [1.54, 1.807) is 0 Å². The van der Waals surface area contributed by atoms with Crippen LogP contribution >= 0.6 is 0 Å². The molecule has 1 aliphatic rings. The van der Waals surface area contributed by atoms with Gasteiger partial charge in [-0.2, -0.15) is 0 Å². The first-order valence-electron chi connectivity index (χ1n) is 8.39. The summed E-state index contributed by atoms with van der Waals surface area (Å²) in [6.07, 6.45) is 0. The van der Waals surface area contributed by atoms with Gasteiger partial charge >= 0.3 is 0 Å². The van der Waals surface area contributed by atoms with Crippen LogP contribution in [0.5, 0.6) is 11.5 Å². The molecule has 1 aliphatic heterocycles. The van der Waals surface area contributed by atoms with Crippen LogP contribution in [0.4, 0.5) is 5.69 Å². The Labute approximate surface area is 150 Å². The number of benzene rings is 3. The average molecular weight is 341 g/mol. The summed E-state index contributed by atoms with van der Waals surface area (Å²) in [7, 11) is 0. The Morgan fingerprint density at radius 1 is 0.731 bits per heavy atom. The van der Waals surface area contributed by atoms with Gasteiger partial charge in [0.1, 0.15) is 11.3 Å². The molecule has 1 aromatic heterocycles. The Bertz CT molecular complexity index is 1160. The van der Waals surface area contributed by atoms with Crippen molar-refractivity contribution in [3.8, 4) is 22.8 Å². The SMILES string of the molecule is c1ccc(N=c2cc(-c3ccc4c(c3)OCO4)oc3ccccc23)cc1. The van der Waals surface area contributed by atoms with Gasteiger partial charge in [0, 0.05) is 17.0 Å². The summed E-state index contributed by atoms with van der Waals surface area (Å²) >= 11 is 0. The van der Waals surface area contributed by atoms with Crippen molar-refractivity contribution in [3.63, 3.8) is 0 Å². The van der Waals surface area contributed by atoms with E-state index in [1.807, 2.05) is 78.9 Å². The second-order valence-electron chi connectivity index (χ2n) is 6.01. The Balaban J connectivity index is 1.74. The van der Waals surface area contributed by atoms with Crippen LogP contribution < -0.4 is 14.8 Å². The van der Waals surface area contributed by atoms with Gasteiger partial charge in [0.15, 0.2) is 11.5 Å². The van der Waals surface area contributed by atoms with Gasteiger partial charge in [-0.1, -0.05) is 30.3 Å². The zero-order valence-electron chi connectivity index (χ0n) is 13.9. The highest BCUT2D eigenvalue weighted by Crippen LogP contribution is 2.36. The van der Waals surface area contributed by atoms with Crippen LogP contribution in [-0.4, -0.2) is 6.79 Å². The topological polar surface area (TPSA) is 44.0 Å². The molecule has 0 bridgehead atoms. The smallest absolute Gasteiger partial charge is 0.231 e. The zero-order valence-corrected chi connectivity index (χ0v) is 13.9. The summed E-state index contributed by atoms with van der Waals surface area (Å²) < 4.78 is 17.0. The number of nitrogens with zero attached hydrogens (tertiary/aromatic N) is 1. The third-order valence-corrected chi connectivity index (χ3v) is 4.31. The number of hydrogen-bond acceptors (Lipinski definition) is 4. The Hall–Kier alpha value is -3.53. The Morgan fingerprint density at radius 3 is 2.46 bits per heavy atom. The average Bonchev–Trinajstić information content (AvgIpc) is 3.16. The second-order valence-corrected chi connectivity index (χ2v) is 6.01. The number of para-hydroxylation sites is 2. The maximum Gasteiger partial charge on any atom is 0.231 e. The lowest BCUT2D eigenvalue weighted by Gasteiger charge is -2.06. The molecule has 0 fully saturated rings. The molecule has 0 amide bonds. The molecule has 4 heteroatoms. The van der Waals surface area contributed by atoms with Gasteiger partial charge in [-0.05, 0) is 42.5 Å². The lowest BCUT2D eigenvalue weighted by atomic mass is 10.1. The molecule has 0 saturated heterocycles. The number of ether oxygens (including phenoxy) is 2. The van der Waals surface area contributed by atoms with E-state index in [-0.39, 0.29) is 6.79 Å². The van der Waals surface area contributed by atoms with Crippen LogP contribution in [0.2, 0.25) is 0 Å². The van der Waals surface area contributed by atoms with Gasteiger partial charge in [0.2, 0.25) is 6.79 Å². The fourth-order valence-electron chi connectivity index (χ4n) is 3.04. The van der Waals surface area contributed by atoms with Crippen molar-refractivity contribution in [1.82, 2.24) is 0 Å². The molecule has 0 unspecified atom stereocenters. The van der Waals surface area contributed by atoms with Crippen molar-refractivity contribution in [2.45, 2.75) is 0 Å². The molecule has 4 aromatic rings. The first kappa shape index (κ1) is 14.8. The molecule has 0 atom stereocenters. The van der Waals surface area contributed by atoms with E-state index < -0.39 is 0 Å². The zero-order chi connectivity index (χ0) is 17.3. The fraction of sp³-hybridized carbons (Fsp3) is 0.0455. The van der Waals surface area contributed by atoms with E-state index in [0.717, 1.165) is 44.8 Å². The maximum atomic E-state index is 6.13. The first-order valence-corrected chi connectivity index (χ1v) is 8.39. The van der Waals surface area contributed by atoms with E-state index in [2.05, 4.69) is 0 Å². The molecule has 3 aromatic carbocycles. The van der Waals surface area contributed by atoms with Crippen LogP contribution in [0, 0.1) is 0 Å². The number of hydrogen-bond donors (Lipinski definition) is 0. The van der Waals surface area contributed by atoms with Crippen LogP contribution in [-0.2, 0) is 0 Å². The van der Waals surface area contributed by atoms with E-state index in [9.17, 15) is 0 Å². The second kappa shape index (κ2) is 6.08. The molecule has 26 heavy (non-hydrogen) atoms. The Kier molecular flexibility index (Phi) is 3.46. The van der Waals surface area contributed by atoms with E-state index >= 15 is 0 Å². The van der Waals surface area contributed by atoms with Crippen molar-refractivity contribution < 1.29 is 13.9 Å². The summed E-state index contributed by atoms with van der Waals surface area (Å²) in [6.45, 7) is 0.252. The minimum absolute atomic E-state index is 0.252. The standard InChI is InChI=1S/C22H15NO3/c1-2-6-16(7-3-1)23-18-13-21(26-19-9-5-4-8-17(18)19)15-10-11-20-22(12-15)25-14-24-20/h1-13H,14H2. The van der Waals surface area contributed by atoms with Crippen LogP contribution in [0.25, 0.3) is 22.3 Å². The summed E-state index contributed by atoms with van der Waals surface area (Å²) in [4.78, 5) is 4.81. The van der Waals surface area contributed by atoms with Gasteiger partial charge < -0.3 is 13.9 Å². The van der Waals surface area contributed by atoms with E-state index in [1.165, 1.54) is 0 Å². The predicted octanol–water partition coefficient (Wildman–Crippen LogP) is 5.06. The Morgan fingerprint density at radius 2 is 1.54 bits per heavy atom. The van der Waals surface area contributed by atoms with Crippen molar-refractivity contribution >= 4 is 16.7 Å². The lowest BCUT2D eigenvalue weighted by molar-refractivity contribution is 0.174. The molecule has 0 spiro atoms. The molecule has 0 radical (unpaired) electrons. The molecular formula is C22H15NO3. The molecular weight excluding hydrogens is 326 g/mol. The minimum Gasteiger partial charge on any atom is -0.456 e. The van der Waals surface area contributed by atoms with Crippen molar-refractivity contribution in [2.75, 3.05) is 6.79 Å². The molecule has 2 heterocycles. The van der Waals surface area contributed by atoms with E-state index in [4.69, 9.17) is 18.9 Å². The van der Waals surface area contributed by atoms with Gasteiger partial charge in [0.25, 0.3) is 0 Å². The summed E-state index contributed by atoms with van der Waals surface area (Å²) in [5.74, 6) is 2.22. The molecule has 0 saturated carbocycles. The first-order chi connectivity index (χ1) is 12.9. The van der Waals surface area contributed by atoms with Crippen molar-refractivity contribution in [1.29, 1.82) is 0 Å². The third kappa shape index (κ3) is 2.62.